The van der Waals surface area contributed by atoms with E-state index in [1.54, 1.807) is 20.8 Å². The van der Waals surface area contributed by atoms with Crippen molar-refractivity contribution in [3.05, 3.63) is 52.5 Å². The first-order valence-electron chi connectivity index (χ1n) is 8.22. The average molecular weight is 343 g/mol. The number of carbonyl (C=O) groups is 2. The second kappa shape index (κ2) is 7.01. The molecule has 1 amide bonds. The number of ether oxygens (including phenoxy) is 2. The molecule has 1 atom stereocenters. The lowest BCUT2D eigenvalue weighted by Gasteiger charge is -2.26. The SMILES string of the molecule is Cc1oc(C)c(C(=O)OCC(=O)NC2CCOc3ccccc32)c1C. The van der Waals surface area contributed by atoms with Crippen molar-refractivity contribution >= 4 is 11.9 Å². The maximum absolute atomic E-state index is 12.2. The molecule has 0 saturated carbocycles. The Morgan fingerprint density at radius 1 is 1.20 bits per heavy atom. The van der Waals surface area contributed by atoms with E-state index in [0.29, 0.717) is 30.1 Å². The molecule has 1 aliphatic heterocycles. The molecule has 0 radical (unpaired) electrons. The van der Waals surface area contributed by atoms with Gasteiger partial charge in [-0.1, -0.05) is 18.2 Å². The van der Waals surface area contributed by atoms with E-state index in [1.165, 1.54) is 0 Å². The molecular formula is C19H21NO5. The zero-order valence-electron chi connectivity index (χ0n) is 14.5. The monoisotopic (exact) mass is 343 g/mol. The lowest BCUT2D eigenvalue weighted by atomic mass is 10.0. The molecular weight excluding hydrogens is 322 g/mol. The summed E-state index contributed by atoms with van der Waals surface area (Å²) in [4.78, 5) is 24.4. The summed E-state index contributed by atoms with van der Waals surface area (Å²) in [6.07, 6.45) is 0.676. The van der Waals surface area contributed by atoms with Gasteiger partial charge >= 0.3 is 5.97 Å². The quantitative estimate of drug-likeness (QED) is 0.864. The first-order valence-corrected chi connectivity index (χ1v) is 8.22. The Bertz CT molecular complexity index is 808. The summed E-state index contributed by atoms with van der Waals surface area (Å²) >= 11 is 0. The molecule has 0 aliphatic carbocycles. The second-order valence-corrected chi connectivity index (χ2v) is 6.09. The standard InChI is InChI=1S/C19H21NO5/c1-11-12(2)25-13(3)18(11)19(22)24-10-17(21)20-15-8-9-23-16-7-5-4-6-14(15)16/h4-7,15H,8-10H2,1-3H3,(H,20,21). The number of carbonyl (C=O) groups excluding carboxylic acids is 2. The van der Waals surface area contributed by atoms with Gasteiger partial charge in [0.2, 0.25) is 0 Å². The van der Waals surface area contributed by atoms with Crippen LogP contribution in [0.4, 0.5) is 0 Å². The Morgan fingerprint density at radius 2 is 1.96 bits per heavy atom. The van der Waals surface area contributed by atoms with Gasteiger partial charge in [0.15, 0.2) is 6.61 Å². The summed E-state index contributed by atoms with van der Waals surface area (Å²) in [5, 5.41) is 2.90. The molecule has 0 spiro atoms. The molecule has 1 unspecified atom stereocenters. The van der Waals surface area contributed by atoms with Crippen LogP contribution in [-0.4, -0.2) is 25.1 Å². The predicted octanol–water partition coefficient (Wildman–Crippen LogP) is 3.00. The summed E-state index contributed by atoms with van der Waals surface area (Å²) in [5.74, 6) is 1.06. The molecule has 1 aromatic carbocycles. The van der Waals surface area contributed by atoms with Gasteiger partial charge in [-0.3, -0.25) is 4.79 Å². The lowest BCUT2D eigenvalue weighted by molar-refractivity contribution is -0.125. The molecule has 2 heterocycles. The molecule has 3 rings (SSSR count). The van der Waals surface area contributed by atoms with E-state index < -0.39 is 5.97 Å². The molecule has 1 aliphatic rings. The number of aryl methyl sites for hydroxylation is 2. The van der Waals surface area contributed by atoms with E-state index in [9.17, 15) is 9.59 Å². The lowest BCUT2D eigenvalue weighted by Crippen LogP contribution is -2.35. The van der Waals surface area contributed by atoms with Crippen molar-refractivity contribution in [2.45, 2.75) is 33.2 Å². The zero-order valence-corrected chi connectivity index (χ0v) is 14.5. The number of para-hydroxylation sites is 1. The molecule has 132 valence electrons. The minimum absolute atomic E-state index is 0.143. The number of furan rings is 1. The third-order valence-electron chi connectivity index (χ3n) is 4.39. The first-order chi connectivity index (χ1) is 12.0. The van der Waals surface area contributed by atoms with E-state index in [0.717, 1.165) is 16.9 Å². The number of fused-ring (bicyclic) bond motifs is 1. The number of amides is 1. The highest BCUT2D eigenvalue weighted by atomic mass is 16.5. The van der Waals surface area contributed by atoms with Gasteiger partial charge in [-0.15, -0.1) is 0 Å². The van der Waals surface area contributed by atoms with Crippen LogP contribution >= 0.6 is 0 Å². The Balaban J connectivity index is 1.60. The van der Waals surface area contributed by atoms with E-state index in [1.807, 2.05) is 24.3 Å². The van der Waals surface area contributed by atoms with Gasteiger partial charge < -0.3 is 19.2 Å². The van der Waals surface area contributed by atoms with Crippen molar-refractivity contribution in [3.8, 4) is 5.75 Å². The fraction of sp³-hybridized carbons (Fsp3) is 0.368. The van der Waals surface area contributed by atoms with Crippen molar-refractivity contribution in [1.82, 2.24) is 5.32 Å². The van der Waals surface area contributed by atoms with Crippen LogP contribution < -0.4 is 10.1 Å². The molecule has 6 nitrogen and oxygen atoms in total. The molecule has 6 heteroatoms. The summed E-state index contributed by atoms with van der Waals surface area (Å²) < 4.78 is 16.1. The van der Waals surface area contributed by atoms with E-state index in [2.05, 4.69) is 5.32 Å². The number of benzene rings is 1. The molecule has 2 aromatic rings. The minimum atomic E-state index is -0.547. The van der Waals surface area contributed by atoms with Gasteiger partial charge in [0.1, 0.15) is 22.8 Å². The maximum Gasteiger partial charge on any atom is 0.342 e. The van der Waals surface area contributed by atoms with Crippen molar-refractivity contribution in [2.24, 2.45) is 0 Å². The molecule has 0 bridgehead atoms. The van der Waals surface area contributed by atoms with Gasteiger partial charge in [0.25, 0.3) is 5.91 Å². The number of esters is 1. The summed E-state index contributed by atoms with van der Waals surface area (Å²) in [6, 6.07) is 7.45. The van der Waals surface area contributed by atoms with Gasteiger partial charge in [0, 0.05) is 17.5 Å². The van der Waals surface area contributed by atoms with Crippen LogP contribution in [-0.2, 0) is 9.53 Å². The summed E-state index contributed by atoms with van der Waals surface area (Å²) in [5.41, 5.74) is 2.06. The minimum Gasteiger partial charge on any atom is -0.493 e. The third-order valence-corrected chi connectivity index (χ3v) is 4.39. The topological polar surface area (TPSA) is 77.8 Å². The number of hydrogen-bond donors (Lipinski definition) is 1. The highest BCUT2D eigenvalue weighted by Gasteiger charge is 2.24. The highest BCUT2D eigenvalue weighted by Crippen LogP contribution is 2.31. The third kappa shape index (κ3) is 3.52. The molecule has 0 saturated heterocycles. The Morgan fingerprint density at radius 3 is 2.68 bits per heavy atom. The van der Waals surface area contributed by atoms with Crippen molar-refractivity contribution in [1.29, 1.82) is 0 Å². The summed E-state index contributed by atoms with van der Waals surface area (Å²) in [6.45, 7) is 5.49. The van der Waals surface area contributed by atoms with Crippen LogP contribution in [0.15, 0.2) is 28.7 Å². The van der Waals surface area contributed by atoms with E-state index >= 15 is 0 Å². The van der Waals surface area contributed by atoms with Crippen molar-refractivity contribution in [2.75, 3.05) is 13.2 Å². The molecule has 1 N–H and O–H groups in total. The molecule has 1 aromatic heterocycles. The Kier molecular flexibility index (Phi) is 4.79. The van der Waals surface area contributed by atoms with Crippen molar-refractivity contribution in [3.63, 3.8) is 0 Å². The van der Waals surface area contributed by atoms with Crippen LogP contribution in [0.3, 0.4) is 0 Å². The smallest absolute Gasteiger partial charge is 0.342 e. The first kappa shape index (κ1) is 17.1. The van der Waals surface area contributed by atoms with E-state index in [-0.39, 0.29) is 18.6 Å². The van der Waals surface area contributed by atoms with Gasteiger partial charge in [-0.2, -0.15) is 0 Å². The maximum atomic E-state index is 12.2. The van der Waals surface area contributed by atoms with Gasteiger partial charge in [0.05, 0.1) is 12.6 Å². The highest BCUT2D eigenvalue weighted by molar-refractivity contribution is 5.93. The fourth-order valence-corrected chi connectivity index (χ4v) is 3.03. The second-order valence-electron chi connectivity index (χ2n) is 6.09. The van der Waals surface area contributed by atoms with E-state index in [4.69, 9.17) is 13.9 Å². The number of hydrogen-bond acceptors (Lipinski definition) is 5. The molecule has 25 heavy (non-hydrogen) atoms. The fourth-order valence-electron chi connectivity index (χ4n) is 3.03. The zero-order chi connectivity index (χ0) is 18.0. The van der Waals surface area contributed by atoms with Crippen LogP contribution in [0.5, 0.6) is 5.75 Å². The van der Waals surface area contributed by atoms with Gasteiger partial charge in [-0.05, 0) is 26.8 Å². The van der Waals surface area contributed by atoms with Crippen molar-refractivity contribution < 1.29 is 23.5 Å². The van der Waals surface area contributed by atoms with Crippen LogP contribution in [0.1, 0.15) is 45.5 Å². The predicted molar refractivity (Wildman–Crippen MR) is 90.6 cm³/mol. The molecule has 0 fully saturated rings. The van der Waals surface area contributed by atoms with Crippen LogP contribution in [0.2, 0.25) is 0 Å². The average Bonchev–Trinajstić information content (AvgIpc) is 2.85. The van der Waals surface area contributed by atoms with Crippen LogP contribution in [0, 0.1) is 20.8 Å². The number of nitrogens with one attached hydrogen (secondary N) is 1. The summed E-state index contributed by atoms with van der Waals surface area (Å²) in [7, 11) is 0. The number of rotatable bonds is 4. The Hall–Kier alpha value is -2.76. The normalized spacial score (nSPS) is 15.9. The largest absolute Gasteiger partial charge is 0.493 e. The van der Waals surface area contributed by atoms with Crippen LogP contribution in [0.25, 0.3) is 0 Å². The van der Waals surface area contributed by atoms with Gasteiger partial charge in [-0.25, -0.2) is 4.79 Å². The Labute approximate surface area is 146 Å².